The molecule has 2 aromatic rings. The Morgan fingerprint density at radius 3 is 2.10 bits per heavy atom. The molecule has 0 radical (unpaired) electrons. The maximum atomic E-state index is 8.84. The zero-order chi connectivity index (χ0) is 14.9. The summed E-state index contributed by atoms with van der Waals surface area (Å²) in [6, 6.07) is 6.32. The van der Waals surface area contributed by atoms with Crippen molar-refractivity contribution in [2.75, 3.05) is 0 Å². The van der Waals surface area contributed by atoms with Gasteiger partial charge in [0, 0.05) is 11.3 Å². The lowest BCUT2D eigenvalue weighted by molar-refractivity contribution is 0.966. The van der Waals surface area contributed by atoms with Gasteiger partial charge in [-0.05, 0) is 62.9 Å². The number of hydrogen-bond donors (Lipinski definition) is 0. The molecule has 0 unspecified atom stereocenters. The lowest BCUT2D eigenvalue weighted by Crippen LogP contribution is -2.02. The van der Waals surface area contributed by atoms with E-state index in [1.54, 1.807) is 0 Å². The van der Waals surface area contributed by atoms with E-state index >= 15 is 0 Å². The summed E-state index contributed by atoms with van der Waals surface area (Å²) in [6.07, 6.45) is 0.248. The highest BCUT2D eigenvalue weighted by atomic mass is 14.9. The molecule has 0 spiro atoms. The molecule has 0 saturated heterocycles. The van der Waals surface area contributed by atoms with E-state index in [9.17, 15) is 0 Å². The molecule has 3 heteroatoms. The number of hydrogen-bond acceptors (Lipinski definition) is 3. The number of nitriles is 1. The number of benzene rings is 1. The van der Waals surface area contributed by atoms with E-state index in [1.165, 1.54) is 27.8 Å². The number of nitrogens with zero attached hydrogens (tertiary/aromatic N) is 3. The van der Waals surface area contributed by atoms with Gasteiger partial charge in [-0.25, -0.2) is 9.97 Å². The van der Waals surface area contributed by atoms with Crippen LogP contribution in [0.25, 0.3) is 11.3 Å². The van der Waals surface area contributed by atoms with Crippen molar-refractivity contribution in [2.24, 2.45) is 0 Å². The van der Waals surface area contributed by atoms with Crippen LogP contribution in [0, 0.1) is 45.9 Å². The summed E-state index contributed by atoms with van der Waals surface area (Å²) in [5, 5.41) is 8.84. The highest BCUT2D eigenvalue weighted by Gasteiger charge is 2.13. The Balaban J connectivity index is 2.72. The zero-order valence-corrected chi connectivity index (χ0v) is 12.7. The molecular formula is C17H19N3. The summed E-state index contributed by atoms with van der Waals surface area (Å²) in [5.74, 6) is 0.598. The van der Waals surface area contributed by atoms with Gasteiger partial charge in [0.2, 0.25) is 0 Å². The third-order valence-electron chi connectivity index (χ3n) is 3.76. The molecule has 0 saturated carbocycles. The molecule has 0 aliphatic rings. The molecule has 0 N–H and O–H groups in total. The van der Waals surface area contributed by atoms with Crippen LogP contribution in [0.5, 0.6) is 0 Å². The minimum atomic E-state index is 0.248. The van der Waals surface area contributed by atoms with Crippen LogP contribution in [-0.4, -0.2) is 9.97 Å². The Kier molecular flexibility index (Phi) is 3.85. The minimum absolute atomic E-state index is 0.248. The molecule has 0 amide bonds. The monoisotopic (exact) mass is 265 g/mol. The second-order valence-electron chi connectivity index (χ2n) is 5.28. The highest BCUT2D eigenvalue weighted by Crippen LogP contribution is 2.30. The maximum absolute atomic E-state index is 8.84. The van der Waals surface area contributed by atoms with Crippen molar-refractivity contribution in [2.45, 2.75) is 41.0 Å². The molecule has 0 atom stereocenters. The van der Waals surface area contributed by atoms with Crippen molar-refractivity contribution in [3.8, 4) is 17.3 Å². The Hall–Kier alpha value is -2.21. The van der Waals surface area contributed by atoms with Crippen LogP contribution in [0.4, 0.5) is 0 Å². The van der Waals surface area contributed by atoms with Crippen molar-refractivity contribution >= 4 is 0 Å². The molecule has 0 fully saturated rings. The van der Waals surface area contributed by atoms with Crippen LogP contribution in [0.2, 0.25) is 0 Å². The van der Waals surface area contributed by atoms with Gasteiger partial charge >= 0.3 is 0 Å². The fraction of sp³-hybridized carbons (Fsp3) is 0.353. The van der Waals surface area contributed by atoms with Crippen molar-refractivity contribution < 1.29 is 0 Å². The van der Waals surface area contributed by atoms with Gasteiger partial charge in [-0.2, -0.15) is 5.26 Å². The molecule has 0 aliphatic heterocycles. The third kappa shape index (κ3) is 2.55. The number of rotatable bonds is 2. The topological polar surface area (TPSA) is 49.6 Å². The van der Waals surface area contributed by atoms with E-state index in [0.29, 0.717) is 5.82 Å². The van der Waals surface area contributed by atoms with Crippen LogP contribution in [-0.2, 0) is 6.42 Å². The van der Waals surface area contributed by atoms with E-state index in [0.717, 1.165) is 11.4 Å². The number of aromatic nitrogens is 2. The van der Waals surface area contributed by atoms with Crippen LogP contribution in [0.15, 0.2) is 12.1 Å². The van der Waals surface area contributed by atoms with Gasteiger partial charge in [-0.3, -0.25) is 0 Å². The van der Waals surface area contributed by atoms with Crippen molar-refractivity contribution in [1.82, 2.24) is 9.97 Å². The summed E-state index contributed by atoms with van der Waals surface area (Å²) in [4.78, 5) is 8.88. The standard InChI is InChI=1S/C17H19N3/c1-10-8-11(2)14(5)17(13(10)4)15-9-12(3)19-16(20-15)6-7-18/h8-9H,6H2,1-5H3. The molecular weight excluding hydrogens is 246 g/mol. The highest BCUT2D eigenvalue weighted by molar-refractivity contribution is 5.70. The van der Waals surface area contributed by atoms with E-state index < -0.39 is 0 Å². The van der Waals surface area contributed by atoms with Crippen LogP contribution in [0.3, 0.4) is 0 Å². The molecule has 2 rings (SSSR count). The molecule has 0 bridgehead atoms. The predicted molar refractivity (Wildman–Crippen MR) is 80.5 cm³/mol. The third-order valence-corrected chi connectivity index (χ3v) is 3.76. The largest absolute Gasteiger partial charge is 0.237 e. The quantitative estimate of drug-likeness (QED) is 0.830. The second kappa shape index (κ2) is 5.42. The molecule has 20 heavy (non-hydrogen) atoms. The van der Waals surface area contributed by atoms with Gasteiger partial charge in [0.05, 0.1) is 18.2 Å². The van der Waals surface area contributed by atoms with E-state index in [-0.39, 0.29) is 6.42 Å². The smallest absolute Gasteiger partial charge is 0.143 e. The fourth-order valence-corrected chi connectivity index (χ4v) is 2.51. The SMILES string of the molecule is Cc1cc(-c2c(C)c(C)cc(C)c2C)nc(CC#N)n1. The second-order valence-corrected chi connectivity index (χ2v) is 5.28. The first-order valence-corrected chi connectivity index (χ1v) is 6.73. The summed E-state index contributed by atoms with van der Waals surface area (Å²) in [6.45, 7) is 10.4. The summed E-state index contributed by atoms with van der Waals surface area (Å²) < 4.78 is 0. The van der Waals surface area contributed by atoms with E-state index in [1.807, 2.05) is 13.0 Å². The average Bonchev–Trinajstić information content (AvgIpc) is 2.36. The van der Waals surface area contributed by atoms with Crippen molar-refractivity contribution in [3.05, 3.63) is 45.9 Å². The Bertz CT molecular complexity index is 683. The first-order chi connectivity index (χ1) is 9.43. The van der Waals surface area contributed by atoms with Gasteiger partial charge in [0.1, 0.15) is 5.82 Å². The van der Waals surface area contributed by atoms with Gasteiger partial charge in [0.25, 0.3) is 0 Å². The lowest BCUT2D eigenvalue weighted by atomic mass is 9.92. The summed E-state index contributed by atoms with van der Waals surface area (Å²) >= 11 is 0. The van der Waals surface area contributed by atoms with Crippen LogP contribution in [0.1, 0.15) is 33.8 Å². The molecule has 3 nitrogen and oxygen atoms in total. The predicted octanol–water partition coefficient (Wildman–Crippen LogP) is 3.75. The van der Waals surface area contributed by atoms with Crippen LogP contribution >= 0.6 is 0 Å². The fourth-order valence-electron chi connectivity index (χ4n) is 2.51. The zero-order valence-electron chi connectivity index (χ0n) is 12.7. The Morgan fingerprint density at radius 1 is 0.950 bits per heavy atom. The van der Waals surface area contributed by atoms with Crippen molar-refractivity contribution in [1.29, 1.82) is 5.26 Å². The van der Waals surface area contributed by atoms with Gasteiger partial charge in [0.15, 0.2) is 0 Å². The minimum Gasteiger partial charge on any atom is -0.237 e. The summed E-state index contributed by atoms with van der Waals surface area (Å²) in [5.41, 5.74) is 8.01. The normalized spacial score (nSPS) is 10.4. The Labute approximate surface area is 120 Å². The molecule has 102 valence electrons. The average molecular weight is 265 g/mol. The van der Waals surface area contributed by atoms with Gasteiger partial charge in [-0.1, -0.05) is 6.07 Å². The van der Waals surface area contributed by atoms with E-state index in [2.05, 4.69) is 49.8 Å². The lowest BCUT2D eigenvalue weighted by Gasteiger charge is -2.15. The Morgan fingerprint density at radius 2 is 1.55 bits per heavy atom. The van der Waals surface area contributed by atoms with Crippen LogP contribution < -0.4 is 0 Å². The summed E-state index contributed by atoms with van der Waals surface area (Å²) in [7, 11) is 0. The van der Waals surface area contributed by atoms with Crippen molar-refractivity contribution in [3.63, 3.8) is 0 Å². The number of aryl methyl sites for hydroxylation is 3. The molecule has 1 heterocycles. The van der Waals surface area contributed by atoms with Gasteiger partial charge in [-0.15, -0.1) is 0 Å². The molecule has 1 aromatic carbocycles. The molecule has 1 aromatic heterocycles. The van der Waals surface area contributed by atoms with E-state index in [4.69, 9.17) is 5.26 Å². The first kappa shape index (κ1) is 14.2. The maximum Gasteiger partial charge on any atom is 0.143 e. The molecule has 0 aliphatic carbocycles. The van der Waals surface area contributed by atoms with Gasteiger partial charge < -0.3 is 0 Å². The first-order valence-electron chi connectivity index (χ1n) is 6.73.